The molecule has 1 N–H and O–H groups in total. The van der Waals surface area contributed by atoms with Crippen LogP contribution in [0.2, 0.25) is 0 Å². The minimum atomic E-state index is -0.0774. The minimum Gasteiger partial charge on any atom is -0.330 e. The van der Waals surface area contributed by atoms with Crippen molar-refractivity contribution in [3.63, 3.8) is 0 Å². The second-order valence-corrected chi connectivity index (χ2v) is 4.31. The van der Waals surface area contributed by atoms with Gasteiger partial charge in [-0.3, -0.25) is 4.79 Å². The van der Waals surface area contributed by atoms with Gasteiger partial charge in [-0.05, 0) is 30.3 Å². The van der Waals surface area contributed by atoms with Crippen LogP contribution in [-0.2, 0) is 4.79 Å². The number of anilines is 3. The molecular formula is C15H11N3O. The Morgan fingerprint density at radius 2 is 1.95 bits per heavy atom. The highest BCUT2D eigenvalue weighted by Gasteiger charge is 2.23. The summed E-state index contributed by atoms with van der Waals surface area (Å²) in [6.45, 7) is 0.281. The lowest BCUT2D eigenvalue weighted by molar-refractivity contribution is -0.115. The molecule has 0 spiro atoms. The van der Waals surface area contributed by atoms with Crippen LogP contribution >= 0.6 is 0 Å². The van der Waals surface area contributed by atoms with Gasteiger partial charge in [-0.2, -0.15) is 5.26 Å². The first-order valence-corrected chi connectivity index (χ1v) is 5.94. The summed E-state index contributed by atoms with van der Waals surface area (Å²) in [6.07, 6.45) is 0. The van der Waals surface area contributed by atoms with Crippen LogP contribution in [0.5, 0.6) is 0 Å². The Kier molecular flexibility index (Phi) is 2.66. The quantitative estimate of drug-likeness (QED) is 0.845. The summed E-state index contributed by atoms with van der Waals surface area (Å²) in [5.41, 5.74) is 3.08. The van der Waals surface area contributed by atoms with E-state index >= 15 is 0 Å². The fraction of sp³-hybridized carbons (Fsp3) is 0.0667. The van der Waals surface area contributed by atoms with E-state index in [0.29, 0.717) is 11.3 Å². The summed E-state index contributed by atoms with van der Waals surface area (Å²) in [6, 6.07) is 17.1. The number of nitriles is 1. The van der Waals surface area contributed by atoms with Gasteiger partial charge in [0.25, 0.3) is 0 Å². The first-order valence-electron chi connectivity index (χ1n) is 5.94. The van der Waals surface area contributed by atoms with Crippen molar-refractivity contribution in [3.8, 4) is 6.07 Å². The number of fused-ring (bicyclic) bond motifs is 1. The number of carbonyl (C=O) groups is 1. The summed E-state index contributed by atoms with van der Waals surface area (Å²) in [4.78, 5) is 13.7. The van der Waals surface area contributed by atoms with Crippen molar-refractivity contribution in [2.24, 2.45) is 0 Å². The van der Waals surface area contributed by atoms with Gasteiger partial charge < -0.3 is 10.2 Å². The highest BCUT2D eigenvalue weighted by atomic mass is 16.2. The SMILES string of the molecule is N#Cc1ccc2c(c1)NC(=O)CN2c1ccccc1. The van der Waals surface area contributed by atoms with E-state index in [1.54, 1.807) is 12.1 Å². The van der Waals surface area contributed by atoms with E-state index < -0.39 is 0 Å². The number of hydrogen-bond donors (Lipinski definition) is 1. The molecular weight excluding hydrogens is 238 g/mol. The van der Waals surface area contributed by atoms with Crippen LogP contribution in [0.25, 0.3) is 0 Å². The highest BCUT2D eigenvalue weighted by Crippen LogP contribution is 2.35. The molecule has 1 heterocycles. The highest BCUT2D eigenvalue weighted by molar-refractivity contribution is 6.03. The molecule has 3 rings (SSSR count). The summed E-state index contributed by atoms with van der Waals surface area (Å²) in [5.74, 6) is -0.0774. The standard InChI is InChI=1S/C15H11N3O/c16-9-11-6-7-14-13(8-11)17-15(19)10-18(14)12-4-2-1-3-5-12/h1-8H,10H2,(H,17,19). The minimum absolute atomic E-state index is 0.0774. The predicted molar refractivity (Wildman–Crippen MR) is 73.2 cm³/mol. The van der Waals surface area contributed by atoms with Crippen molar-refractivity contribution in [1.82, 2.24) is 0 Å². The van der Waals surface area contributed by atoms with Gasteiger partial charge in [-0.15, -0.1) is 0 Å². The van der Waals surface area contributed by atoms with Crippen LogP contribution in [0.4, 0.5) is 17.1 Å². The van der Waals surface area contributed by atoms with Gasteiger partial charge in [0.2, 0.25) is 5.91 Å². The average Bonchev–Trinajstić information content (AvgIpc) is 2.46. The zero-order valence-corrected chi connectivity index (χ0v) is 10.1. The van der Waals surface area contributed by atoms with E-state index in [-0.39, 0.29) is 12.5 Å². The van der Waals surface area contributed by atoms with Crippen molar-refractivity contribution in [3.05, 3.63) is 54.1 Å². The Morgan fingerprint density at radius 1 is 1.16 bits per heavy atom. The number of rotatable bonds is 1. The molecule has 2 aromatic carbocycles. The van der Waals surface area contributed by atoms with Crippen LogP contribution in [0, 0.1) is 11.3 Å². The van der Waals surface area contributed by atoms with Crippen molar-refractivity contribution < 1.29 is 4.79 Å². The number of para-hydroxylation sites is 1. The lowest BCUT2D eigenvalue weighted by Gasteiger charge is -2.31. The lowest BCUT2D eigenvalue weighted by atomic mass is 10.1. The number of amides is 1. The summed E-state index contributed by atoms with van der Waals surface area (Å²) >= 11 is 0. The molecule has 0 aliphatic carbocycles. The smallest absolute Gasteiger partial charge is 0.244 e. The van der Waals surface area contributed by atoms with Gasteiger partial charge in [0.1, 0.15) is 6.54 Å². The van der Waals surface area contributed by atoms with Gasteiger partial charge in [-0.25, -0.2) is 0 Å². The van der Waals surface area contributed by atoms with E-state index in [1.165, 1.54) is 0 Å². The molecule has 0 aromatic heterocycles. The number of benzene rings is 2. The largest absolute Gasteiger partial charge is 0.330 e. The van der Waals surface area contributed by atoms with Crippen molar-refractivity contribution in [2.45, 2.75) is 0 Å². The van der Waals surface area contributed by atoms with Gasteiger partial charge >= 0.3 is 0 Å². The van der Waals surface area contributed by atoms with E-state index in [9.17, 15) is 4.79 Å². The molecule has 2 aromatic rings. The topological polar surface area (TPSA) is 56.1 Å². The Hall–Kier alpha value is -2.80. The maximum atomic E-state index is 11.8. The molecule has 0 atom stereocenters. The zero-order chi connectivity index (χ0) is 13.2. The monoisotopic (exact) mass is 249 g/mol. The molecule has 19 heavy (non-hydrogen) atoms. The Balaban J connectivity index is 2.11. The Bertz CT molecular complexity index is 674. The third-order valence-corrected chi connectivity index (χ3v) is 3.06. The number of carbonyl (C=O) groups excluding carboxylic acids is 1. The fourth-order valence-corrected chi connectivity index (χ4v) is 2.20. The van der Waals surface area contributed by atoms with E-state index in [0.717, 1.165) is 11.4 Å². The molecule has 0 saturated carbocycles. The second-order valence-electron chi connectivity index (χ2n) is 4.31. The van der Waals surface area contributed by atoms with Crippen LogP contribution in [0.3, 0.4) is 0 Å². The van der Waals surface area contributed by atoms with Gasteiger partial charge in [0.05, 0.1) is 23.0 Å². The fourth-order valence-electron chi connectivity index (χ4n) is 2.20. The number of hydrogen-bond acceptors (Lipinski definition) is 3. The Labute approximate surface area is 110 Å². The number of nitrogens with zero attached hydrogens (tertiary/aromatic N) is 2. The van der Waals surface area contributed by atoms with Crippen molar-refractivity contribution in [1.29, 1.82) is 5.26 Å². The molecule has 4 heteroatoms. The molecule has 0 saturated heterocycles. The maximum absolute atomic E-state index is 11.8. The van der Waals surface area contributed by atoms with Gasteiger partial charge in [0, 0.05) is 5.69 Å². The van der Waals surface area contributed by atoms with Crippen LogP contribution < -0.4 is 10.2 Å². The van der Waals surface area contributed by atoms with E-state index in [4.69, 9.17) is 5.26 Å². The van der Waals surface area contributed by atoms with Crippen LogP contribution in [0.15, 0.2) is 48.5 Å². The predicted octanol–water partition coefficient (Wildman–Crippen LogP) is 2.65. The second kappa shape index (κ2) is 4.46. The molecule has 1 aliphatic rings. The summed E-state index contributed by atoms with van der Waals surface area (Å²) in [5, 5.41) is 11.7. The van der Waals surface area contributed by atoms with E-state index in [2.05, 4.69) is 11.4 Å². The molecule has 0 unspecified atom stereocenters. The summed E-state index contributed by atoms with van der Waals surface area (Å²) in [7, 11) is 0. The zero-order valence-electron chi connectivity index (χ0n) is 10.1. The van der Waals surface area contributed by atoms with Gasteiger partial charge in [-0.1, -0.05) is 18.2 Å². The van der Waals surface area contributed by atoms with Crippen molar-refractivity contribution >= 4 is 23.0 Å². The molecule has 0 bridgehead atoms. The van der Waals surface area contributed by atoms with Crippen molar-refractivity contribution in [2.75, 3.05) is 16.8 Å². The van der Waals surface area contributed by atoms with Crippen LogP contribution in [-0.4, -0.2) is 12.5 Å². The average molecular weight is 249 g/mol. The summed E-state index contributed by atoms with van der Waals surface area (Å²) < 4.78 is 0. The third kappa shape index (κ3) is 2.02. The normalized spacial score (nSPS) is 13.4. The molecule has 0 fully saturated rings. The van der Waals surface area contributed by atoms with Gasteiger partial charge in [0.15, 0.2) is 0 Å². The van der Waals surface area contributed by atoms with Crippen LogP contribution in [0.1, 0.15) is 5.56 Å². The molecule has 0 radical (unpaired) electrons. The first-order chi connectivity index (χ1) is 9.28. The lowest BCUT2D eigenvalue weighted by Crippen LogP contribution is -2.35. The number of nitrogens with one attached hydrogen (secondary N) is 1. The molecule has 1 aliphatic heterocycles. The molecule has 1 amide bonds. The third-order valence-electron chi connectivity index (χ3n) is 3.06. The molecule has 92 valence electrons. The Morgan fingerprint density at radius 3 is 2.68 bits per heavy atom. The maximum Gasteiger partial charge on any atom is 0.244 e. The van der Waals surface area contributed by atoms with E-state index in [1.807, 2.05) is 41.3 Å². The molecule has 4 nitrogen and oxygen atoms in total. The first kappa shape index (κ1) is 11.3.